The number of guanidine groups is 1. The number of fused-ring (bicyclic) bond motifs is 1. The molecule has 0 aliphatic carbocycles. The summed E-state index contributed by atoms with van der Waals surface area (Å²) in [4.78, 5) is 8.76. The van der Waals surface area contributed by atoms with Crippen LogP contribution >= 0.6 is 0 Å². The van der Waals surface area contributed by atoms with Gasteiger partial charge in [-0.15, -0.1) is 0 Å². The first kappa shape index (κ1) is 19.0. The third-order valence-electron chi connectivity index (χ3n) is 4.27. The summed E-state index contributed by atoms with van der Waals surface area (Å²) < 4.78 is 5.56. The number of nitrogens with one attached hydrogen (secondary N) is 2. The van der Waals surface area contributed by atoms with Gasteiger partial charge >= 0.3 is 0 Å². The van der Waals surface area contributed by atoms with Crippen molar-refractivity contribution in [3.05, 3.63) is 46.5 Å². The van der Waals surface area contributed by atoms with E-state index in [4.69, 9.17) is 21.5 Å². The van der Waals surface area contributed by atoms with E-state index in [1.165, 1.54) is 0 Å². The van der Waals surface area contributed by atoms with Crippen LogP contribution in [-0.4, -0.2) is 17.6 Å². The summed E-state index contributed by atoms with van der Waals surface area (Å²) >= 11 is 0. The Morgan fingerprint density at radius 1 is 1.25 bits per heavy atom. The summed E-state index contributed by atoms with van der Waals surface area (Å²) in [5.41, 5.74) is 14.8. The van der Waals surface area contributed by atoms with E-state index >= 15 is 0 Å². The maximum Gasteiger partial charge on any atom is 0.211 e. The molecule has 2 heterocycles. The summed E-state index contributed by atoms with van der Waals surface area (Å²) in [6, 6.07) is 9.18. The van der Waals surface area contributed by atoms with Crippen molar-refractivity contribution in [3.8, 4) is 12.3 Å². The average Bonchev–Trinajstić information content (AvgIpc) is 2.68. The van der Waals surface area contributed by atoms with Crippen LogP contribution in [0.4, 0.5) is 17.3 Å². The number of hydrogen-bond donors (Lipinski definition) is 4. The van der Waals surface area contributed by atoms with Crippen molar-refractivity contribution in [2.45, 2.75) is 26.0 Å². The van der Waals surface area contributed by atoms with Crippen LogP contribution in [0.3, 0.4) is 0 Å². The van der Waals surface area contributed by atoms with Crippen molar-refractivity contribution >= 4 is 23.3 Å². The number of aliphatic imine (C=N–C) groups is 1. The minimum absolute atomic E-state index is 0.0200. The highest BCUT2D eigenvalue weighted by molar-refractivity contribution is 5.98. The lowest BCUT2D eigenvalue weighted by Crippen LogP contribution is -2.32. The Morgan fingerprint density at radius 2 is 2.00 bits per heavy atom. The highest BCUT2D eigenvalue weighted by Crippen LogP contribution is 2.40. The van der Waals surface area contributed by atoms with Gasteiger partial charge in [-0.2, -0.15) is 10.5 Å². The van der Waals surface area contributed by atoms with E-state index in [0.29, 0.717) is 24.6 Å². The molecule has 1 unspecified atom stereocenters. The quantitative estimate of drug-likeness (QED) is 0.350. The van der Waals surface area contributed by atoms with Gasteiger partial charge in [0.25, 0.3) is 0 Å². The molecule has 0 radical (unpaired) electrons. The number of nitriles is 2. The Labute approximate surface area is 162 Å². The summed E-state index contributed by atoms with van der Waals surface area (Å²) in [5, 5.41) is 23.7. The normalized spacial score (nSPS) is 14.8. The molecule has 0 spiro atoms. The molecule has 1 aromatic carbocycles. The molecule has 0 saturated carbocycles. The van der Waals surface area contributed by atoms with Crippen LogP contribution in [0, 0.1) is 22.8 Å². The highest BCUT2D eigenvalue weighted by atomic mass is 16.5. The molecule has 1 atom stereocenters. The molecule has 3 rings (SSSR count). The number of nitrogens with zero attached hydrogens (tertiary/aromatic N) is 4. The van der Waals surface area contributed by atoms with Crippen LogP contribution in [0.25, 0.3) is 0 Å². The predicted molar refractivity (Wildman–Crippen MR) is 106 cm³/mol. The van der Waals surface area contributed by atoms with Gasteiger partial charge in [0.2, 0.25) is 5.96 Å². The van der Waals surface area contributed by atoms with Crippen molar-refractivity contribution in [1.29, 1.82) is 10.5 Å². The van der Waals surface area contributed by atoms with E-state index in [1.54, 1.807) is 0 Å². The Kier molecular flexibility index (Phi) is 5.58. The Hall–Kier alpha value is -3.82. The van der Waals surface area contributed by atoms with Crippen LogP contribution in [0.2, 0.25) is 0 Å². The maximum atomic E-state index is 9.36. The molecule has 0 amide bonds. The van der Waals surface area contributed by atoms with Gasteiger partial charge in [0.1, 0.15) is 29.3 Å². The number of hydrogen-bond acceptors (Lipinski definition) is 9. The molecule has 0 bridgehead atoms. The lowest BCUT2D eigenvalue weighted by molar-refractivity contribution is 0.121. The van der Waals surface area contributed by atoms with Crippen LogP contribution in [0.1, 0.15) is 41.6 Å². The van der Waals surface area contributed by atoms with Crippen molar-refractivity contribution < 1.29 is 4.74 Å². The number of anilines is 3. The Bertz CT molecular complexity index is 985. The lowest BCUT2D eigenvalue weighted by Gasteiger charge is -2.26. The van der Waals surface area contributed by atoms with Gasteiger partial charge in [0, 0.05) is 12.2 Å². The summed E-state index contributed by atoms with van der Waals surface area (Å²) in [6.45, 7) is 3.29. The molecule has 142 valence electrons. The zero-order valence-electron chi connectivity index (χ0n) is 15.4. The predicted octanol–water partition coefficient (Wildman–Crippen LogP) is 1.99. The largest absolute Gasteiger partial charge is 0.397 e. The fourth-order valence-corrected chi connectivity index (χ4v) is 2.95. The number of ether oxygens (including phenoxy) is 1. The number of benzene rings is 1. The Balaban J connectivity index is 2.02. The van der Waals surface area contributed by atoms with Crippen LogP contribution in [-0.2, 0) is 11.3 Å². The van der Waals surface area contributed by atoms with Gasteiger partial charge in [-0.3, -0.25) is 5.32 Å². The minimum Gasteiger partial charge on any atom is -0.397 e. The second kappa shape index (κ2) is 8.25. The third-order valence-corrected chi connectivity index (χ3v) is 4.27. The average molecular weight is 376 g/mol. The fraction of sp³-hybridized carbons (Fsp3) is 0.263. The van der Waals surface area contributed by atoms with Gasteiger partial charge in [-0.25, -0.2) is 9.98 Å². The first-order valence-electron chi connectivity index (χ1n) is 8.74. The zero-order valence-corrected chi connectivity index (χ0v) is 15.4. The molecule has 2 aromatic rings. The lowest BCUT2D eigenvalue weighted by atomic mass is 9.94. The van der Waals surface area contributed by atoms with E-state index in [2.05, 4.69) is 27.5 Å². The first-order chi connectivity index (χ1) is 13.6. The van der Waals surface area contributed by atoms with E-state index in [1.807, 2.05) is 36.5 Å². The van der Waals surface area contributed by atoms with Crippen molar-refractivity contribution in [1.82, 2.24) is 10.3 Å². The van der Waals surface area contributed by atoms with Gasteiger partial charge in [-0.05, 0) is 17.5 Å². The second-order valence-corrected chi connectivity index (χ2v) is 6.20. The second-order valence-electron chi connectivity index (χ2n) is 6.20. The van der Waals surface area contributed by atoms with Crippen LogP contribution < -0.4 is 22.1 Å². The maximum absolute atomic E-state index is 9.36. The SMILES string of the molecule is CCCOCc1ccc(C2N=C(NC#N)Nc3nc(N)c(C#N)c(N)c32)cc1. The number of nitrogens with two attached hydrogens (primary N) is 2. The topological polar surface area (TPSA) is 158 Å². The van der Waals surface area contributed by atoms with Crippen molar-refractivity contribution in [2.24, 2.45) is 4.99 Å². The molecule has 28 heavy (non-hydrogen) atoms. The zero-order chi connectivity index (χ0) is 20.1. The molecule has 1 aliphatic heterocycles. The first-order valence-corrected chi connectivity index (χ1v) is 8.74. The van der Waals surface area contributed by atoms with E-state index in [9.17, 15) is 5.26 Å². The minimum atomic E-state index is -0.544. The molecular weight excluding hydrogens is 356 g/mol. The molecule has 0 saturated heterocycles. The standard InChI is InChI=1S/C19H20N8O/c1-2-7-28-9-11-3-5-12(6-4-11)16-14-15(22)13(8-20)17(23)26-18(14)27-19(25-16)24-10-21/h3-6,16H,2,7,9H2,1H3,(H6,22,23,24,25,26,27). The molecule has 1 aliphatic rings. The molecule has 9 nitrogen and oxygen atoms in total. The Morgan fingerprint density at radius 3 is 2.64 bits per heavy atom. The van der Waals surface area contributed by atoms with Gasteiger partial charge < -0.3 is 21.5 Å². The van der Waals surface area contributed by atoms with Gasteiger partial charge in [0.15, 0.2) is 6.19 Å². The molecule has 0 fully saturated rings. The summed E-state index contributed by atoms with van der Waals surface area (Å²) in [7, 11) is 0. The number of aromatic nitrogens is 1. The van der Waals surface area contributed by atoms with Crippen molar-refractivity contribution in [2.75, 3.05) is 23.4 Å². The summed E-state index contributed by atoms with van der Waals surface area (Å²) in [6.07, 6.45) is 2.79. The smallest absolute Gasteiger partial charge is 0.211 e. The van der Waals surface area contributed by atoms with Crippen LogP contribution in [0.15, 0.2) is 29.3 Å². The van der Waals surface area contributed by atoms with Crippen molar-refractivity contribution in [3.63, 3.8) is 0 Å². The highest BCUT2D eigenvalue weighted by Gasteiger charge is 2.29. The number of nitrogen functional groups attached to an aromatic ring is 2. The van der Waals surface area contributed by atoms with E-state index < -0.39 is 6.04 Å². The molecular formula is C19H20N8O. The number of rotatable bonds is 5. The van der Waals surface area contributed by atoms with E-state index in [0.717, 1.165) is 17.5 Å². The van der Waals surface area contributed by atoms with Gasteiger partial charge in [0.05, 0.1) is 12.3 Å². The molecule has 1 aromatic heterocycles. The van der Waals surface area contributed by atoms with Gasteiger partial charge in [-0.1, -0.05) is 31.2 Å². The monoisotopic (exact) mass is 376 g/mol. The van der Waals surface area contributed by atoms with E-state index in [-0.39, 0.29) is 23.0 Å². The van der Waals surface area contributed by atoms with Crippen LogP contribution in [0.5, 0.6) is 0 Å². The molecule has 6 N–H and O–H groups in total. The third kappa shape index (κ3) is 3.65. The fourth-order valence-electron chi connectivity index (χ4n) is 2.95. The number of pyridine rings is 1. The molecule has 9 heteroatoms. The summed E-state index contributed by atoms with van der Waals surface area (Å²) in [5.74, 6) is 0.611.